The van der Waals surface area contributed by atoms with Gasteiger partial charge in [-0.2, -0.15) is 5.26 Å². The fourth-order valence-corrected chi connectivity index (χ4v) is 2.22. The third-order valence-corrected chi connectivity index (χ3v) is 3.95. The molecule has 1 aliphatic rings. The van der Waals surface area contributed by atoms with Gasteiger partial charge >= 0.3 is 0 Å². The number of nitrogens with one attached hydrogen (secondary N) is 1. The maximum absolute atomic E-state index is 12.2. The standard InChI is InChI=1S/C15H19N3O/c1-11(18(2)13-7-5-8-13)15(19)17-14-9-4-3-6-12(14)10-16/h3-4,6,9,11,13H,5,7-8H2,1-2H3,(H,17,19). The second-order valence-electron chi connectivity index (χ2n) is 5.07. The van der Waals surface area contributed by atoms with Crippen LogP contribution in [0.5, 0.6) is 0 Å². The van der Waals surface area contributed by atoms with E-state index in [4.69, 9.17) is 5.26 Å². The van der Waals surface area contributed by atoms with Crippen molar-refractivity contribution in [2.45, 2.75) is 38.3 Å². The van der Waals surface area contributed by atoms with Crippen molar-refractivity contribution in [2.75, 3.05) is 12.4 Å². The zero-order valence-electron chi connectivity index (χ0n) is 11.4. The zero-order chi connectivity index (χ0) is 13.8. The molecule has 1 atom stereocenters. The van der Waals surface area contributed by atoms with E-state index in [2.05, 4.69) is 16.3 Å². The van der Waals surface area contributed by atoms with Crippen LogP contribution in [0.1, 0.15) is 31.7 Å². The molecule has 1 aromatic rings. The molecule has 1 N–H and O–H groups in total. The van der Waals surface area contributed by atoms with Crippen LogP contribution in [0.2, 0.25) is 0 Å². The SMILES string of the molecule is CC(C(=O)Nc1ccccc1C#N)N(C)C1CCC1. The Bertz CT molecular complexity index is 502. The first-order chi connectivity index (χ1) is 9.13. The van der Waals surface area contributed by atoms with Gasteiger partial charge < -0.3 is 5.32 Å². The van der Waals surface area contributed by atoms with Crippen LogP contribution in [-0.4, -0.2) is 29.9 Å². The number of rotatable bonds is 4. The van der Waals surface area contributed by atoms with Gasteiger partial charge in [-0.3, -0.25) is 9.69 Å². The van der Waals surface area contributed by atoms with Gasteiger partial charge in [0.25, 0.3) is 0 Å². The molecule has 1 aromatic carbocycles. The quantitative estimate of drug-likeness (QED) is 0.901. The summed E-state index contributed by atoms with van der Waals surface area (Å²) in [6, 6.07) is 9.49. The van der Waals surface area contributed by atoms with Gasteiger partial charge in [0, 0.05) is 6.04 Å². The van der Waals surface area contributed by atoms with Crippen molar-refractivity contribution >= 4 is 11.6 Å². The van der Waals surface area contributed by atoms with Crippen molar-refractivity contribution in [3.8, 4) is 6.07 Å². The Morgan fingerprint density at radius 1 is 1.47 bits per heavy atom. The number of hydrogen-bond acceptors (Lipinski definition) is 3. The average Bonchev–Trinajstić information content (AvgIpc) is 2.36. The van der Waals surface area contributed by atoms with E-state index >= 15 is 0 Å². The van der Waals surface area contributed by atoms with Crippen LogP contribution >= 0.6 is 0 Å². The highest BCUT2D eigenvalue weighted by Crippen LogP contribution is 2.25. The Hall–Kier alpha value is -1.86. The minimum Gasteiger partial charge on any atom is -0.324 e. The normalized spacial score (nSPS) is 16.5. The smallest absolute Gasteiger partial charge is 0.241 e. The Kier molecular flexibility index (Phi) is 4.18. The number of carbonyl (C=O) groups excluding carboxylic acids is 1. The van der Waals surface area contributed by atoms with Gasteiger partial charge in [-0.1, -0.05) is 18.6 Å². The highest BCUT2D eigenvalue weighted by Gasteiger charge is 2.28. The highest BCUT2D eigenvalue weighted by molar-refractivity contribution is 5.95. The minimum atomic E-state index is -0.183. The molecule has 4 heteroatoms. The lowest BCUT2D eigenvalue weighted by molar-refractivity contribution is -0.121. The number of para-hydroxylation sites is 1. The summed E-state index contributed by atoms with van der Waals surface area (Å²) in [5, 5.41) is 11.8. The Morgan fingerprint density at radius 2 is 2.16 bits per heavy atom. The molecule has 0 radical (unpaired) electrons. The molecule has 100 valence electrons. The van der Waals surface area contributed by atoms with E-state index in [0.717, 1.165) is 0 Å². The second kappa shape index (κ2) is 5.85. The lowest BCUT2D eigenvalue weighted by atomic mass is 9.91. The van der Waals surface area contributed by atoms with Gasteiger partial charge in [-0.15, -0.1) is 0 Å². The number of likely N-dealkylation sites (N-methyl/N-ethyl adjacent to an activating group) is 1. The van der Waals surface area contributed by atoms with Crippen LogP contribution in [0.3, 0.4) is 0 Å². The average molecular weight is 257 g/mol. The summed E-state index contributed by atoms with van der Waals surface area (Å²) in [5.41, 5.74) is 1.08. The first-order valence-electron chi connectivity index (χ1n) is 6.65. The zero-order valence-corrected chi connectivity index (χ0v) is 11.4. The Labute approximate surface area is 114 Å². The molecule has 0 spiro atoms. The Morgan fingerprint density at radius 3 is 2.74 bits per heavy atom. The number of benzene rings is 1. The van der Waals surface area contributed by atoms with Gasteiger partial charge in [0.05, 0.1) is 17.3 Å². The molecule has 0 saturated heterocycles. The van der Waals surface area contributed by atoms with E-state index in [1.165, 1.54) is 19.3 Å². The third kappa shape index (κ3) is 2.94. The minimum absolute atomic E-state index is 0.0582. The van der Waals surface area contributed by atoms with Crippen molar-refractivity contribution < 1.29 is 4.79 Å². The predicted octanol–water partition coefficient (Wildman–Crippen LogP) is 2.37. The first kappa shape index (κ1) is 13.6. The molecular formula is C15H19N3O. The van der Waals surface area contributed by atoms with Crippen molar-refractivity contribution in [3.63, 3.8) is 0 Å². The van der Waals surface area contributed by atoms with Crippen LogP contribution in [0.25, 0.3) is 0 Å². The molecule has 0 bridgehead atoms. The predicted molar refractivity (Wildman–Crippen MR) is 74.7 cm³/mol. The maximum Gasteiger partial charge on any atom is 0.241 e. The molecule has 0 aliphatic heterocycles. The summed E-state index contributed by atoms with van der Waals surface area (Å²) in [4.78, 5) is 14.3. The van der Waals surface area contributed by atoms with Gasteiger partial charge in [0.15, 0.2) is 0 Å². The number of anilines is 1. The van der Waals surface area contributed by atoms with Gasteiger partial charge in [0.1, 0.15) is 6.07 Å². The maximum atomic E-state index is 12.2. The summed E-state index contributed by atoms with van der Waals surface area (Å²) in [6.45, 7) is 1.91. The van der Waals surface area contributed by atoms with Crippen LogP contribution < -0.4 is 5.32 Å². The molecule has 1 saturated carbocycles. The lowest BCUT2D eigenvalue weighted by Gasteiger charge is -2.37. The van der Waals surface area contributed by atoms with Crippen LogP contribution in [0, 0.1) is 11.3 Å². The molecule has 4 nitrogen and oxygen atoms in total. The van der Waals surface area contributed by atoms with E-state index in [0.29, 0.717) is 17.3 Å². The summed E-state index contributed by atoms with van der Waals surface area (Å²) in [5.74, 6) is -0.0582. The number of carbonyl (C=O) groups is 1. The van der Waals surface area contributed by atoms with Crippen molar-refractivity contribution in [3.05, 3.63) is 29.8 Å². The molecule has 1 unspecified atom stereocenters. The lowest BCUT2D eigenvalue weighted by Crippen LogP contribution is -2.48. The van der Waals surface area contributed by atoms with E-state index in [-0.39, 0.29) is 11.9 Å². The Balaban J connectivity index is 2.02. The molecule has 19 heavy (non-hydrogen) atoms. The van der Waals surface area contributed by atoms with E-state index < -0.39 is 0 Å². The molecule has 0 aromatic heterocycles. The molecular weight excluding hydrogens is 238 g/mol. The van der Waals surface area contributed by atoms with Crippen LogP contribution in [0.15, 0.2) is 24.3 Å². The van der Waals surface area contributed by atoms with E-state index in [9.17, 15) is 4.79 Å². The van der Waals surface area contributed by atoms with Gasteiger partial charge in [-0.25, -0.2) is 0 Å². The largest absolute Gasteiger partial charge is 0.324 e. The third-order valence-electron chi connectivity index (χ3n) is 3.95. The number of nitriles is 1. The molecule has 1 amide bonds. The molecule has 2 rings (SSSR count). The van der Waals surface area contributed by atoms with Crippen molar-refractivity contribution in [1.29, 1.82) is 5.26 Å². The summed E-state index contributed by atoms with van der Waals surface area (Å²) in [7, 11) is 1.99. The molecule has 1 fully saturated rings. The molecule has 0 heterocycles. The van der Waals surface area contributed by atoms with Crippen LogP contribution in [0.4, 0.5) is 5.69 Å². The second-order valence-corrected chi connectivity index (χ2v) is 5.07. The van der Waals surface area contributed by atoms with E-state index in [1.807, 2.05) is 20.0 Å². The number of amides is 1. The van der Waals surface area contributed by atoms with Crippen molar-refractivity contribution in [2.24, 2.45) is 0 Å². The van der Waals surface area contributed by atoms with Gasteiger partial charge in [0.2, 0.25) is 5.91 Å². The van der Waals surface area contributed by atoms with Gasteiger partial charge in [-0.05, 0) is 38.9 Å². The van der Waals surface area contributed by atoms with E-state index in [1.54, 1.807) is 18.2 Å². The monoisotopic (exact) mass is 257 g/mol. The fourth-order valence-electron chi connectivity index (χ4n) is 2.22. The number of nitrogens with zero attached hydrogens (tertiary/aromatic N) is 2. The van der Waals surface area contributed by atoms with Crippen molar-refractivity contribution in [1.82, 2.24) is 4.90 Å². The topological polar surface area (TPSA) is 56.1 Å². The summed E-state index contributed by atoms with van der Waals surface area (Å²) >= 11 is 0. The van der Waals surface area contributed by atoms with Crippen LogP contribution in [-0.2, 0) is 4.79 Å². The number of hydrogen-bond donors (Lipinski definition) is 1. The fraction of sp³-hybridized carbons (Fsp3) is 0.467. The first-order valence-corrected chi connectivity index (χ1v) is 6.65. The highest BCUT2D eigenvalue weighted by atomic mass is 16.2. The molecule has 1 aliphatic carbocycles. The summed E-state index contributed by atoms with van der Waals surface area (Å²) < 4.78 is 0. The summed E-state index contributed by atoms with van der Waals surface area (Å²) in [6.07, 6.45) is 3.59.